The van der Waals surface area contributed by atoms with Crippen molar-refractivity contribution in [3.63, 3.8) is 0 Å². The molecule has 2 fully saturated rings. The van der Waals surface area contributed by atoms with E-state index in [-0.39, 0.29) is 5.91 Å². The minimum Gasteiger partial charge on any atom is -0.479 e. The highest BCUT2D eigenvalue weighted by Crippen LogP contribution is 2.45. The maximum absolute atomic E-state index is 12.8. The number of likely N-dealkylation sites (tertiary alicyclic amines) is 2. The quantitative estimate of drug-likeness (QED) is 0.181. The molecular weight excluding hydrogens is 670 g/mol. The zero-order valence-corrected chi connectivity index (χ0v) is 31.1. The van der Waals surface area contributed by atoms with Crippen molar-refractivity contribution in [2.45, 2.75) is 77.5 Å². The van der Waals surface area contributed by atoms with Crippen LogP contribution < -0.4 is 0 Å². The first kappa shape index (κ1) is 34.6. The molecule has 0 saturated carbocycles. The van der Waals surface area contributed by atoms with Crippen molar-refractivity contribution in [2.75, 3.05) is 26.2 Å². The molecule has 2 aromatic heterocycles. The second kappa shape index (κ2) is 13.4. The number of carbonyl (C=O) groups excluding carboxylic acids is 1. The highest BCUT2D eigenvalue weighted by atomic mass is 35.5. The second-order valence-electron chi connectivity index (χ2n) is 14.8. The molecule has 0 bridgehead atoms. The summed E-state index contributed by atoms with van der Waals surface area (Å²) in [5.41, 5.74) is 6.45. The van der Waals surface area contributed by atoms with E-state index in [9.17, 15) is 14.7 Å². The summed E-state index contributed by atoms with van der Waals surface area (Å²) in [4.78, 5) is 34.3. The molecule has 262 valence electrons. The lowest BCUT2D eigenvalue weighted by atomic mass is 9.90. The van der Waals surface area contributed by atoms with Gasteiger partial charge in [0.1, 0.15) is 5.01 Å². The van der Waals surface area contributed by atoms with Crippen LogP contribution in [0.25, 0.3) is 42.8 Å². The molecule has 2 aliphatic rings. The first-order chi connectivity index (χ1) is 23.8. The van der Waals surface area contributed by atoms with Crippen LogP contribution in [0.3, 0.4) is 0 Å². The molecular formula is C39H44ClN5O4S. The molecule has 1 amide bonds. The molecule has 7 rings (SSSR count). The van der Waals surface area contributed by atoms with Gasteiger partial charge >= 0.3 is 5.97 Å². The predicted octanol–water partition coefficient (Wildman–Crippen LogP) is 8.22. The number of carbonyl (C=O) groups is 2. The van der Waals surface area contributed by atoms with E-state index in [0.717, 1.165) is 99.5 Å². The van der Waals surface area contributed by atoms with Gasteiger partial charge in [0.05, 0.1) is 27.0 Å². The molecule has 11 heteroatoms. The third kappa shape index (κ3) is 6.66. The SMILES string of the molecule is CC(=O)N1CC[C@H](N2CCC(c3nn(C)c4ccc(-c5nc6cc(C)c(C(OC(C)(C)C)C(=O)O)c(-c7ccc(Cl)cc7)c6s5)cc34)CC2)C1. The number of benzene rings is 3. The molecule has 0 aliphatic carbocycles. The number of piperidine rings is 1. The van der Waals surface area contributed by atoms with Crippen LogP contribution in [0.2, 0.25) is 5.02 Å². The molecule has 2 aliphatic heterocycles. The van der Waals surface area contributed by atoms with Gasteiger partial charge in [-0.15, -0.1) is 11.3 Å². The minimum absolute atomic E-state index is 0.169. The smallest absolute Gasteiger partial charge is 0.337 e. The summed E-state index contributed by atoms with van der Waals surface area (Å²) in [7, 11) is 2.01. The summed E-state index contributed by atoms with van der Waals surface area (Å²) in [6.45, 7) is 12.9. The molecule has 1 N–H and O–H groups in total. The Balaban J connectivity index is 1.26. The van der Waals surface area contributed by atoms with Crippen molar-refractivity contribution < 1.29 is 19.4 Å². The fourth-order valence-electron chi connectivity index (χ4n) is 7.75. The lowest BCUT2D eigenvalue weighted by Crippen LogP contribution is -2.43. The van der Waals surface area contributed by atoms with Gasteiger partial charge in [-0.1, -0.05) is 23.7 Å². The van der Waals surface area contributed by atoms with E-state index in [0.29, 0.717) is 22.5 Å². The number of hydrogen-bond donors (Lipinski definition) is 1. The molecule has 2 saturated heterocycles. The Kier molecular flexibility index (Phi) is 9.26. The van der Waals surface area contributed by atoms with E-state index < -0.39 is 17.7 Å². The van der Waals surface area contributed by atoms with Crippen LogP contribution >= 0.6 is 22.9 Å². The molecule has 5 aromatic rings. The Bertz CT molecular complexity index is 2090. The zero-order valence-electron chi connectivity index (χ0n) is 29.5. The number of halogens is 1. The van der Waals surface area contributed by atoms with Crippen molar-refractivity contribution in [1.29, 1.82) is 0 Å². The summed E-state index contributed by atoms with van der Waals surface area (Å²) in [6.07, 6.45) is 1.94. The van der Waals surface area contributed by atoms with Gasteiger partial charge in [-0.2, -0.15) is 5.10 Å². The van der Waals surface area contributed by atoms with Crippen LogP contribution in [0, 0.1) is 6.92 Å². The average Bonchev–Trinajstić information content (AvgIpc) is 3.81. The maximum atomic E-state index is 12.8. The average molecular weight is 714 g/mol. The molecule has 0 spiro atoms. The van der Waals surface area contributed by atoms with Crippen LogP contribution in [0.4, 0.5) is 0 Å². The van der Waals surface area contributed by atoms with Gasteiger partial charge in [-0.05, 0) is 108 Å². The van der Waals surface area contributed by atoms with Crippen molar-refractivity contribution >= 4 is 55.9 Å². The van der Waals surface area contributed by atoms with Crippen LogP contribution in [0.1, 0.15) is 75.8 Å². The number of nitrogens with zero attached hydrogens (tertiary/aromatic N) is 5. The van der Waals surface area contributed by atoms with Gasteiger partial charge in [0.2, 0.25) is 5.91 Å². The molecule has 2 atom stereocenters. The highest BCUT2D eigenvalue weighted by Gasteiger charge is 2.34. The van der Waals surface area contributed by atoms with E-state index in [4.69, 9.17) is 26.4 Å². The molecule has 4 heterocycles. The summed E-state index contributed by atoms with van der Waals surface area (Å²) >= 11 is 7.86. The number of aliphatic carboxylic acids is 1. The van der Waals surface area contributed by atoms with E-state index in [2.05, 4.69) is 23.1 Å². The van der Waals surface area contributed by atoms with Gasteiger partial charge < -0.3 is 14.7 Å². The largest absolute Gasteiger partial charge is 0.479 e. The number of rotatable bonds is 7. The zero-order chi connectivity index (χ0) is 35.5. The number of aromatic nitrogens is 3. The normalized spacial score (nSPS) is 18.4. The van der Waals surface area contributed by atoms with Crippen LogP contribution in [0.5, 0.6) is 0 Å². The standard InChI is InChI=1S/C39H44ClN5O4S/c1-22-19-30-36(33(24-7-10-27(40)11-8-24)32(22)35(38(47)48)49-39(3,4)5)50-37(41-30)26-9-12-31-29(20-26)34(42-43(31)6)25-13-16-44(17-14-25)28-15-18-45(21-28)23(2)46/h7-12,19-20,25,28,35H,13-18,21H2,1-6H3,(H,47,48)/t28-,35?/m0/s1. The third-order valence-electron chi connectivity index (χ3n) is 10.2. The third-order valence-corrected chi connectivity index (χ3v) is 11.6. The van der Waals surface area contributed by atoms with Gasteiger partial charge in [0.15, 0.2) is 6.10 Å². The van der Waals surface area contributed by atoms with Crippen molar-refractivity contribution in [2.24, 2.45) is 7.05 Å². The lowest BCUT2D eigenvalue weighted by Gasteiger charge is -2.35. The van der Waals surface area contributed by atoms with E-state index in [1.54, 1.807) is 18.3 Å². The molecule has 50 heavy (non-hydrogen) atoms. The maximum Gasteiger partial charge on any atom is 0.337 e. The number of carboxylic acids is 1. The summed E-state index contributed by atoms with van der Waals surface area (Å²) in [5, 5.41) is 18.1. The Labute approximate surface area is 301 Å². The van der Waals surface area contributed by atoms with Crippen LogP contribution in [0.15, 0.2) is 48.5 Å². The molecule has 0 radical (unpaired) electrons. The fourth-order valence-corrected chi connectivity index (χ4v) is 9.00. The minimum atomic E-state index is -1.17. The summed E-state index contributed by atoms with van der Waals surface area (Å²) < 4.78 is 9.08. The van der Waals surface area contributed by atoms with Gasteiger partial charge in [0, 0.05) is 66.1 Å². The monoisotopic (exact) mass is 713 g/mol. The first-order valence-electron chi connectivity index (χ1n) is 17.3. The first-order valence-corrected chi connectivity index (χ1v) is 18.5. The van der Waals surface area contributed by atoms with E-state index >= 15 is 0 Å². The molecule has 9 nitrogen and oxygen atoms in total. The number of aryl methyl sites for hydroxylation is 2. The lowest BCUT2D eigenvalue weighted by molar-refractivity contribution is -0.160. The van der Waals surface area contributed by atoms with E-state index in [1.165, 1.54) is 0 Å². The van der Waals surface area contributed by atoms with Gasteiger partial charge in [-0.25, -0.2) is 9.78 Å². The predicted molar refractivity (Wildman–Crippen MR) is 200 cm³/mol. The number of hydrogen-bond acceptors (Lipinski definition) is 7. The Hall–Kier alpha value is -3.83. The number of carboxylic acid groups (broad SMARTS) is 1. The molecule has 1 unspecified atom stereocenters. The number of amides is 1. The Morgan fingerprint density at radius 1 is 1.02 bits per heavy atom. The Morgan fingerprint density at radius 3 is 2.36 bits per heavy atom. The van der Waals surface area contributed by atoms with Crippen LogP contribution in [-0.4, -0.2) is 79.4 Å². The van der Waals surface area contributed by atoms with Crippen molar-refractivity contribution in [3.05, 3.63) is 70.4 Å². The van der Waals surface area contributed by atoms with E-state index in [1.807, 2.05) is 74.7 Å². The van der Waals surface area contributed by atoms with Crippen molar-refractivity contribution in [3.8, 4) is 21.7 Å². The summed E-state index contributed by atoms with van der Waals surface area (Å²) in [6, 6.07) is 16.4. The highest BCUT2D eigenvalue weighted by molar-refractivity contribution is 7.22. The number of ether oxygens (including phenoxy) is 1. The van der Waals surface area contributed by atoms with Crippen molar-refractivity contribution in [1.82, 2.24) is 24.6 Å². The fraction of sp³-hybridized carbons (Fsp3) is 0.436. The number of fused-ring (bicyclic) bond motifs is 2. The number of thiazole rings is 1. The van der Waals surface area contributed by atoms with Gasteiger partial charge in [-0.3, -0.25) is 14.4 Å². The molecule has 3 aromatic carbocycles. The van der Waals surface area contributed by atoms with Crippen LogP contribution in [-0.2, 0) is 21.4 Å². The second-order valence-corrected chi connectivity index (χ2v) is 16.2. The summed E-state index contributed by atoms with van der Waals surface area (Å²) in [5.74, 6) is -0.519. The van der Waals surface area contributed by atoms with Gasteiger partial charge in [0.25, 0.3) is 0 Å². The topological polar surface area (TPSA) is 101 Å². The Morgan fingerprint density at radius 2 is 1.72 bits per heavy atom.